The van der Waals surface area contributed by atoms with E-state index in [1.165, 1.54) is 36.7 Å². The Labute approximate surface area is 732 Å². The zero-order valence-corrected chi connectivity index (χ0v) is 72.6. The third-order valence-electron chi connectivity index (χ3n) is 16.2. The van der Waals surface area contributed by atoms with Crippen LogP contribution in [0.3, 0.4) is 0 Å². The van der Waals surface area contributed by atoms with E-state index in [2.05, 4.69) is 113 Å². The van der Waals surface area contributed by atoms with Gasteiger partial charge in [0.05, 0.1) is 65.8 Å². The number of benzene rings is 7. The number of halogens is 5. The van der Waals surface area contributed by atoms with Gasteiger partial charge >= 0.3 is 0 Å². The molecule has 7 aromatic carbocycles. The minimum absolute atomic E-state index is 0.0113. The van der Waals surface area contributed by atoms with Crippen LogP contribution in [0, 0.1) is 34.1 Å². The van der Waals surface area contributed by atoms with E-state index in [-0.39, 0.29) is 68.3 Å². The van der Waals surface area contributed by atoms with E-state index in [9.17, 15) is 49.0 Å². The van der Waals surface area contributed by atoms with Crippen molar-refractivity contribution in [3.63, 3.8) is 0 Å². The second-order valence-corrected chi connectivity index (χ2v) is 27.8. The van der Waals surface area contributed by atoms with Crippen LogP contribution in [0.1, 0.15) is 53.1 Å². The SMILES string of the molecule is COCCBr.COCCOc1cccc([N+](=O)[O-])c1N.COCCOc1cccc2[nH]c(N)nc12.COCCOc1cccc2[nH]c(N)nc12.COCCOc1cccc2[nH]c(NC(=O)c3[nH]cnc3C(=O)Nc3cc(Br)ccc3C)nc12.Cc1ccc(Br)cc1N.Nc1c(O)cccc1[N+](=O)[O-].O=C(Cl)c1ncn2c(=O)c3c(C(=O)Cl)ncn3c(=O)c12. The molecule has 17 N–H and O–H groups in total. The van der Waals surface area contributed by atoms with Gasteiger partial charge in [-0.2, -0.15) is 0 Å². The fourth-order valence-corrected chi connectivity index (χ4v) is 11.6. The van der Waals surface area contributed by atoms with Crippen molar-refractivity contribution in [2.75, 3.05) is 140 Å². The molecule has 0 saturated carbocycles. The average Bonchev–Trinajstić information content (AvgIpc) is 1.59. The minimum Gasteiger partial charge on any atom is -0.506 e. The molecule has 14 rings (SSSR count). The highest BCUT2D eigenvalue weighted by atomic mass is 79.9. The molecule has 0 fully saturated rings. The largest absolute Gasteiger partial charge is 0.506 e. The van der Waals surface area contributed by atoms with Crippen LogP contribution < -0.4 is 69.4 Å². The summed E-state index contributed by atoms with van der Waals surface area (Å²) in [6.45, 7) is 8.29. The first-order chi connectivity index (χ1) is 58.9. The number of H-pyrrole nitrogens is 4. The Bertz CT molecular complexity index is 5900. The molecule has 0 aliphatic rings. The molecule has 650 valence electrons. The lowest BCUT2D eigenvalue weighted by Crippen LogP contribution is -2.26. The fourth-order valence-electron chi connectivity index (χ4n) is 10.3. The molecule has 46 heteroatoms. The number of nitro benzene ring substituents is 2. The van der Waals surface area contributed by atoms with Gasteiger partial charge in [0.1, 0.15) is 101 Å². The standard InChI is InChI=1S/C22H21BrN6O4.C10H2Cl2N4O4.2C10H13N3O2.C9H12N2O4.C7H8BrN.C6H6N2O3.C3H7BrO/c1-12-6-7-13(23)10-15(12)26-20(30)18-19(25-11-24-18)21(31)29-22-27-14-4-3-5-16(17(14)28-22)33-9-8-32-2;11-7(17)3-5-10(20)16-2-14-4(8(12)18)6(16)9(19)15(5)1-13-3;2*1-14-5-6-15-8-4-2-3-7-9(8)13-10(11)12-7;1-14-5-6-15-8-4-2-3-7(9(8)10)11(12)13;1-5-2-3-6(8)4-7(5)9;7-6-4(8(10)11)2-1-3-5(6)9;1-5-3-2-4/h3-7,10-11H,8-9H2,1-2H3,(H,24,25)(H,26,30)(H2,27,28,29,31);1-2H;2*2-4H,5-6H2,1H3,(H3,11,12,13);2-4H,5-6,10H2,1H3;2-4H,9H2,1H3;1-3,9H,7H2;2-3H2,1H3. The third kappa shape index (κ3) is 27.4. The van der Waals surface area contributed by atoms with E-state index in [1.807, 2.05) is 92.7 Å². The Kier molecular flexibility index (Phi) is 38.1. The number of aromatic nitrogens is 12. The van der Waals surface area contributed by atoms with Crippen molar-refractivity contribution in [3.05, 3.63) is 230 Å². The number of anilines is 7. The van der Waals surface area contributed by atoms with Gasteiger partial charge in [-0.3, -0.25) is 63.1 Å². The number of aromatic hydroxyl groups is 1. The summed E-state index contributed by atoms with van der Waals surface area (Å²) in [5.41, 5.74) is 32.1. The van der Waals surface area contributed by atoms with Crippen LogP contribution in [0.5, 0.6) is 28.7 Å². The summed E-state index contributed by atoms with van der Waals surface area (Å²) in [6, 6.07) is 36.4. The number of imidazole rings is 6. The van der Waals surface area contributed by atoms with Crippen molar-refractivity contribution < 1.29 is 76.8 Å². The van der Waals surface area contributed by atoms with Crippen LogP contribution >= 0.6 is 71.0 Å². The molecule has 123 heavy (non-hydrogen) atoms. The van der Waals surface area contributed by atoms with Gasteiger partial charge in [0.25, 0.3) is 44.8 Å². The van der Waals surface area contributed by atoms with E-state index in [0.717, 1.165) is 92.7 Å². The molecule has 0 unspecified atom stereocenters. The van der Waals surface area contributed by atoms with Crippen molar-refractivity contribution >= 4 is 189 Å². The molecule has 14 aromatic rings. The van der Waals surface area contributed by atoms with Gasteiger partial charge in [0.15, 0.2) is 40.4 Å². The van der Waals surface area contributed by atoms with E-state index in [1.54, 1.807) is 53.7 Å². The Morgan fingerprint density at radius 3 is 1.34 bits per heavy atom. The summed E-state index contributed by atoms with van der Waals surface area (Å²) in [5.74, 6) is 1.97. The number of nitro groups is 2. The number of aromatic amines is 4. The zero-order valence-electron chi connectivity index (χ0n) is 66.4. The van der Waals surface area contributed by atoms with Gasteiger partial charge < -0.3 is 102 Å². The molecule has 0 bridgehead atoms. The lowest BCUT2D eigenvalue weighted by atomic mass is 10.2. The topological polar surface area (TPSA) is 595 Å². The maximum atomic E-state index is 12.9. The molecule has 0 saturated heterocycles. The number of rotatable bonds is 26. The number of nitrogens with zero attached hydrogens (tertiary/aromatic N) is 10. The number of nitrogens with two attached hydrogens (primary N) is 5. The lowest BCUT2D eigenvalue weighted by Gasteiger charge is -2.08. The Balaban J connectivity index is 0.000000203. The smallest absolute Gasteiger partial charge is 0.295 e. The minimum atomic E-state index is -0.975. The van der Waals surface area contributed by atoms with Gasteiger partial charge in [0.2, 0.25) is 5.95 Å². The van der Waals surface area contributed by atoms with Gasteiger partial charge in [-0.05, 0) is 121 Å². The number of alkyl halides is 1. The van der Waals surface area contributed by atoms with E-state index in [0.29, 0.717) is 93.0 Å². The number of hydrogen-bond donors (Lipinski definition) is 12. The summed E-state index contributed by atoms with van der Waals surface area (Å²) in [5, 5.41) is 34.1. The number of phenolic OH excluding ortho intramolecular Hbond substituents is 1. The number of nitrogens with one attached hydrogen (secondary N) is 6. The van der Waals surface area contributed by atoms with E-state index >= 15 is 0 Å². The van der Waals surface area contributed by atoms with Crippen LogP contribution in [0.15, 0.2) is 165 Å². The highest BCUT2D eigenvalue weighted by Gasteiger charge is 2.26. The molecule has 0 radical (unpaired) electrons. The molecule has 7 aromatic heterocycles. The maximum Gasteiger partial charge on any atom is 0.295 e. The summed E-state index contributed by atoms with van der Waals surface area (Å²) in [6.07, 6.45) is 3.24. The number of carbonyl (C=O) groups is 4. The van der Waals surface area contributed by atoms with Crippen molar-refractivity contribution in [2.45, 2.75) is 13.8 Å². The Morgan fingerprint density at radius 1 is 0.504 bits per heavy atom. The molecule has 0 atom stereocenters. The molecular weight excluding hydrogens is 1850 g/mol. The number of nitrogen functional groups attached to an aromatic ring is 5. The second kappa shape index (κ2) is 48.3. The Morgan fingerprint density at radius 2 is 0.919 bits per heavy atom. The molecule has 2 amide bonds. The van der Waals surface area contributed by atoms with Gasteiger partial charge in [-0.25, -0.2) is 29.9 Å². The van der Waals surface area contributed by atoms with E-state index < -0.39 is 43.3 Å². The average molecular weight is 1930 g/mol. The normalized spacial score (nSPS) is 10.5. The number of carbonyl (C=O) groups excluding carboxylic acids is 4. The molecule has 0 aliphatic carbocycles. The van der Waals surface area contributed by atoms with Crippen molar-refractivity contribution in [1.29, 1.82) is 0 Å². The molecular formula is C77H82Br3Cl2N21O20. The van der Waals surface area contributed by atoms with Gasteiger partial charge in [-0.1, -0.05) is 90.3 Å². The predicted octanol–water partition coefficient (Wildman–Crippen LogP) is 11.6. The number of ether oxygens (including phenoxy) is 9. The number of para-hydroxylation sites is 5. The van der Waals surface area contributed by atoms with Crippen molar-refractivity contribution in [3.8, 4) is 28.7 Å². The molecule has 41 nitrogen and oxygen atoms in total. The molecule has 0 spiro atoms. The van der Waals surface area contributed by atoms with Crippen molar-refractivity contribution in [2.24, 2.45) is 0 Å². The molecule has 7 heterocycles. The summed E-state index contributed by atoms with van der Waals surface area (Å²) in [7, 11) is 8.09. The van der Waals surface area contributed by atoms with E-state index in [4.69, 9.17) is 94.9 Å². The lowest BCUT2D eigenvalue weighted by molar-refractivity contribution is -0.384. The number of amides is 2. The number of aryl methyl sites for hydroxylation is 2. The third-order valence-corrected chi connectivity index (χ3v) is 17.8. The number of fused-ring (bicyclic) bond motifs is 5. The highest BCUT2D eigenvalue weighted by Crippen LogP contribution is 2.33. The first kappa shape index (κ1) is 96.9. The summed E-state index contributed by atoms with van der Waals surface area (Å²) < 4.78 is 49.7. The summed E-state index contributed by atoms with van der Waals surface area (Å²) in [4.78, 5) is 128. The van der Waals surface area contributed by atoms with Gasteiger partial charge in [-0.15, -0.1) is 0 Å². The first-order valence-electron chi connectivity index (χ1n) is 35.7. The monoisotopic (exact) mass is 1930 g/mol. The van der Waals surface area contributed by atoms with Crippen LogP contribution in [-0.4, -0.2) is 196 Å². The highest BCUT2D eigenvalue weighted by molar-refractivity contribution is 9.10. The number of hydrogen-bond acceptors (Lipinski definition) is 31. The quantitative estimate of drug-likeness (QED) is 0.00456. The summed E-state index contributed by atoms with van der Waals surface area (Å²) >= 11 is 20.5. The van der Waals surface area contributed by atoms with Crippen molar-refractivity contribution in [1.82, 2.24) is 58.6 Å². The zero-order chi connectivity index (χ0) is 90.0. The Hall–Kier alpha value is -13.2. The number of methoxy groups -OCH3 is 5. The van der Waals surface area contributed by atoms with Crippen LogP contribution in [0.2, 0.25) is 0 Å². The van der Waals surface area contributed by atoms with Crippen LogP contribution in [0.4, 0.5) is 52.0 Å². The maximum absolute atomic E-state index is 12.9. The van der Waals surface area contributed by atoms with Crippen LogP contribution in [0.25, 0.3) is 44.1 Å². The fraction of sp³-hybridized carbons (Fsp3) is 0.221. The molecule has 0 aliphatic heterocycles. The number of phenols is 1. The van der Waals surface area contributed by atoms with Gasteiger partial charge in [0, 0.05) is 73.3 Å². The second-order valence-electron chi connectivity index (χ2n) is 24.5. The predicted molar refractivity (Wildman–Crippen MR) is 474 cm³/mol. The first-order valence-corrected chi connectivity index (χ1v) is 39.2. The van der Waals surface area contributed by atoms with Crippen LogP contribution in [-0.2, 0) is 23.7 Å².